The molecule has 7 heteroatoms. The van der Waals surface area contributed by atoms with E-state index in [2.05, 4.69) is 10.2 Å². The van der Waals surface area contributed by atoms with Crippen molar-refractivity contribution in [1.82, 2.24) is 0 Å². The van der Waals surface area contributed by atoms with Gasteiger partial charge in [-0.15, -0.1) is 0 Å². The van der Waals surface area contributed by atoms with Crippen molar-refractivity contribution in [3.63, 3.8) is 0 Å². The Kier molecular flexibility index (Phi) is 5.13. The van der Waals surface area contributed by atoms with E-state index in [0.717, 1.165) is 0 Å². The number of azo groups is 1. The second-order valence-corrected chi connectivity index (χ2v) is 4.42. The van der Waals surface area contributed by atoms with Crippen LogP contribution in [-0.4, -0.2) is 27.9 Å². The normalized spacial score (nSPS) is 17.2. The van der Waals surface area contributed by atoms with Crippen LogP contribution in [0.4, 0.5) is 0 Å². The number of carbonyl (C=O) groups excluding carboxylic acids is 1. The standard InChI is InChI=1S/C11H14N4O3/c1-8(16)4-10(2,6-12)14-15-11(3,7-13)5-9(17)18/h4-5H2,1-3H3,(H,17,18). The lowest BCUT2D eigenvalue weighted by Crippen LogP contribution is -2.27. The zero-order valence-electron chi connectivity index (χ0n) is 10.5. The largest absolute Gasteiger partial charge is 0.481 e. The van der Waals surface area contributed by atoms with E-state index < -0.39 is 23.5 Å². The van der Waals surface area contributed by atoms with Gasteiger partial charge >= 0.3 is 5.97 Å². The lowest BCUT2D eigenvalue weighted by atomic mass is 9.98. The Labute approximate surface area is 105 Å². The first-order valence-electron chi connectivity index (χ1n) is 5.14. The third-order valence-corrected chi connectivity index (χ3v) is 2.06. The molecular weight excluding hydrogens is 236 g/mol. The third-order valence-electron chi connectivity index (χ3n) is 2.06. The summed E-state index contributed by atoms with van der Waals surface area (Å²) < 4.78 is 0. The van der Waals surface area contributed by atoms with Gasteiger partial charge in [-0.05, 0) is 20.8 Å². The maximum atomic E-state index is 11.0. The number of nitrogens with zero attached hydrogens (tertiary/aromatic N) is 4. The summed E-state index contributed by atoms with van der Waals surface area (Å²) in [5.74, 6) is -1.43. The van der Waals surface area contributed by atoms with Crippen molar-refractivity contribution in [2.75, 3.05) is 0 Å². The second kappa shape index (κ2) is 5.87. The molecule has 0 heterocycles. The Balaban J connectivity index is 5.10. The lowest BCUT2D eigenvalue weighted by Gasteiger charge is -2.17. The summed E-state index contributed by atoms with van der Waals surface area (Å²) in [7, 11) is 0. The molecule has 7 nitrogen and oxygen atoms in total. The minimum absolute atomic E-state index is 0.137. The van der Waals surface area contributed by atoms with E-state index in [9.17, 15) is 9.59 Å². The van der Waals surface area contributed by atoms with E-state index in [1.165, 1.54) is 20.8 Å². The molecule has 18 heavy (non-hydrogen) atoms. The average Bonchev–Trinajstić information content (AvgIpc) is 2.25. The first kappa shape index (κ1) is 15.7. The molecule has 96 valence electrons. The SMILES string of the molecule is CC(=O)CC(C)(C#N)N=NC(C)(C#N)CC(=O)O. The van der Waals surface area contributed by atoms with Crippen LogP contribution in [0, 0.1) is 22.7 Å². The zero-order valence-corrected chi connectivity index (χ0v) is 10.5. The molecule has 2 unspecified atom stereocenters. The molecule has 0 bridgehead atoms. The summed E-state index contributed by atoms with van der Waals surface area (Å²) in [4.78, 5) is 21.6. The fraction of sp³-hybridized carbons (Fsp3) is 0.636. The average molecular weight is 250 g/mol. The van der Waals surface area contributed by atoms with E-state index in [1.807, 2.05) is 6.07 Å². The van der Waals surface area contributed by atoms with Gasteiger partial charge in [-0.1, -0.05) is 0 Å². The van der Waals surface area contributed by atoms with Crippen LogP contribution in [0.15, 0.2) is 10.2 Å². The summed E-state index contributed by atoms with van der Waals surface area (Å²) in [6, 6.07) is 3.55. The van der Waals surface area contributed by atoms with Crippen molar-refractivity contribution in [3.8, 4) is 12.1 Å². The Hall–Kier alpha value is -2.28. The molecule has 0 amide bonds. The van der Waals surface area contributed by atoms with Crippen LogP contribution in [0.1, 0.15) is 33.6 Å². The van der Waals surface area contributed by atoms with Crippen LogP contribution in [-0.2, 0) is 9.59 Å². The van der Waals surface area contributed by atoms with Crippen molar-refractivity contribution in [2.24, 2.45) is 10.2 Å². The van der Waals surface area contributed by atoms with Crippen LogP contribution in [0.2, 0.25) is 0 Å². The molecule has 0 fully saturated rings. The van der Waals surface area contributed by atoms with Gasteiger partial charge in [0.25, 0.3) is 0 Å². The second-order valence-electron chi connectivity index (χ2n) is 4.42. The van der Waals surface area contributed by atoms with Crippen molar-refractivity contribution in [1.29, 1.82) is 10.5 Å². The summed E-state index contributed by atoms with van der Waals surface area (Å²) in [6.07, 6.45) is -0.657. The van der Waals surface area contributed by atoms with E-state index >= 15 is 0 Å². The molecule has 0 aliphatic rings. The molecule has 1 N–H and O–H groups in total. The highest BCUT2D eigenvalue weighted by Gasteiger charge is 2.31. The Bertz CT molecular complexity index is 418. The summed E-state index contributed by atoms with van der Waals surface area (Å²) in [6.45, 7) is 4.01. The van der Waals surface area contributed by atoms with E-state index in [1.54, 1.807) is 6.07 Å². The highest BCUT2D eigenvalue weighted by Crippen LogP contribution is 2.21. The van der Waals surface area contributed by atoms with Gasteiger partial charge in [0.2, 0.25) is 0 Å². The minimum atomic E-state index is -1.54. The van der Waals surface area contributed by atoms with E-state index in [-0.39, 0.29) is 12.2 Å². The molecule has 0 saturated heterocycles. The number of ketones is 1. The maximum absolute atomic E-state index is 11.0. The Morgan fingerprint density at radius 1 is 1.11 bits per heavy atom. The van der Waals surface area contributed by atoms with Crippen molar-refractivity contribution in [3.05, 3.63) is 0 Å². The summed E-state index contributed by atoms with van der Waals surface area (Å²) >= 11 is 0. The number of hydrogen-bond acceptors (Lipinski definition) is 6. The number of carboxylic acids is 1. The number of hydrogen-bond donors (Lipinski definition) is 1. The molecular formula is C11H14N4O3. The Morgan fingerprint density at radius 3 is 1.78 bits per heavy atom. The number of rotatable bonds is 6. The van der Waals surface area contributed by atoms with Crippen molar-refractivity contribution >= 4 is 11.8 Å². The van der Waals surface area contributed by atoms with Crippen LogP contribution in [0.3, 0.4) is 0 Å². The molecule has 2 atom stereocenters. The van der Waals surface area contributed by atoms with Crippen LogP contribution in [0.25, 0.3) is 0 Å². The molecule has 0 aromatic carbocycles. The smallest absolute Gasteiger partial charge is 0.306 e. The summed E-state index contributed by atoms with van der Waals surface area (Å²) in [5.41, 5.74) is -2.91. The number of Topliss-reactive ketones (excluding diaryl/α,β-unsaturated/α-hetero) is 1. The molecule has 0 radical (unpaired) electrons. The monoisotopic (exact) mass is 250 g/mol. The highest BCUT2D eigenvalue weighted by molar-refractivity contribution is 5.77. The van der Waals surface area contributed by atoms with E-state index in [0.29, 0.717) is 0 Å². The third kappa shape index (κ3) is 5.17. The number of carbonyl (C=O) groups is 2. The van der Waals surface area contributed by atoms with Gasteiger partial charge in [-0.3, -0.25) is 9.59 Å². The topological polar surface area (TPSA) is 127 Å². The lowest BCUT2D eigenvalue weighted by molar-refractivity contribution is -0.137. The van der Waals surface area contributed by atoms with Crippen molar-refractivity contribution in [2.45, 2.75) is 44.7 Å². The van der Waals surface area contributed by atoms with Gasteiger partial charge < -0.3 is 5.11 Å². The van der Waals surface area contributed by atoms with Crippen LogP contribution < -0.4 is 0 Å². The Morgan fingerprint density at radius 2 is 1.50 bits per heavy atom. The zero-order chi connectivity index (χ0) is 14.4. The minimum Gasteiger partial charge on any atom is -0.481 e. The molecule has 0 aromatic rings. The molecule has 0 aliphatic carbocycles. The first-order chi connectivity index (χ1) is 8.16. The molecule has 0 rings (SSSR count). The van der Waals surface area contributed by atoms with Gasteiger partial charge in [0, 0.05) is 6.42 Å². The molecule has 0 spiro atoms. The van der Waals surface area contributed by atoms with Gasteiger partial charge in [0.05, 0.1) is 18.6 Å². The van der Waals surface area contributed by atoms with Gasteiger partial charge in [-0.25, -0.2) is 0 Å². The fourth-order valence-corrected chi connectivity index (χ4v) is 1.19. The van der Waals surface area contributed by atoms with E-state index in [4.69, 9.17) is 15.6 Å². The quantitative estimate of drug-likeness (QED) is 0.714. The fourth-order valence-electron chi connectivity index (χ4n) is 1.19. The van der Waals surface area contributed by atoms with Crippen LogP contribution in [0.5, 0.6) is 0 Å². The van der Waals surface area contributed by atoms with Gasteiger partial charge in [0.15, 0.2) is 11.1 Å². The number of carboxylic acid groups (broad SMARTS) is 1. The first-order valence-corrected chi connectivity index (χ1v) is 5.14. The number of nitriles is 2. The molecule has 0 aromatic heterocycles. The van der Waals surface area contributed by atoms with Crippen LogP contribution >= 0.6 is 0 Å². The molecule has 0 saturated carbocycles. The maximum Gasteiger partial charge on any atom is 0.306 e. The van der Waals surface area contributed by atoms with Crippen molar-refractivity contribution < 1.29 is 14.7 Å². The predicted octanol–water partition coefficient (Wildman–Crippen LogP) is 1.46. The summed E-state index contributed by atoms with van der Waals surface area (Å²) in [5, 5.41) is 33.7. The molecule has 0 aliphatic heterocycles. The highest BCUT2D eigenvalue weighted by atomic mass is 16.4. The van der Waals surface area contributed by atoms with Gasteiger partial charge in [0.1, 0.15) is 5.78 Å². The predicted molar refractivity (Wildman–Crippen MR) is 60.4 cm³/mol. The number of aliphatic carboxylic acids is 1. The van der Waals surface area contributed by atoms with Gasteiger partial charge in [-0.2, -0.15) is 20.8 Å².